The molecule has 6 heteroatoms. The molecule has 0 bridgehead atoms. The van der Waals surface area contributed by atoms with E-state index < -0.39 is 0 Å². The third-order valence-corrected chi connectivity index (χ3v) is 2.70. The van der Waals surface area contributed by atoms with Crippen LogP contribution in [0.15, 0.2) is 17.8 Å². The molecule has 0 atom stereocenters. The molecule has 0 unspecified atom stereocenters. The Labute approximate surface area is 89.4 Å². The molecule has 2 heterocycles. The Kier molecular flexibility index (Phi) is 2.48. The first kappa shape index (κ1) is 9.19. The summed E-state index contributed by atoms with van der Waals surface area (Å²) in [6.45, 7) is 0.534. The van der Waals surface area contributed by atoms with Crippen molar-refractivity contribution >= 4 is 22.9 Å². The molecule has 0 fully saturated rings. The van der Waals surface area contributed by atoms with E-state index in [1.54, 1.807) is 17.0 Å². The van der Waals surface area contributed by atoms with Gasteiger partial charge in [0.15, 0.2) is 4.47 Å². The highest BCUT2D eigenvalue weighted by Crippen LogP contribution is 2.16. The smallest absolute Gasteiger partial charge is 0.213 e. The summed E-state index contributed by atoms with van der Waals surface area (Å²) in [4.78, 5) is 7.97. The Bertz CT molecular complexity index is 481. The molecule has 2 aromatic rings. The number of aromatic nitrogens is 3. The van der Waals surface area contributed by atoms with E-state index in [2.05, 4.69) is 9.97 Å². The van der Waals surface area contributed by atoms with Crippen LogP contribution in [0, 0.1) is 11.3 Å². The fraction of sp³-hybridized carbons (Fsp3) is 0.125. The Hall–Kier alpha value is -1.38. The standard InChI is InChI=1S/C8H5ClN4S/c9-8-12-6(5-14-8)4-13-2-1-11-7(13)3-10/h1-2,5H,4H2. The summed E-state index contributed by atoms with van der Waals surface area (Å²) in [7, 11) is 0. The van der Waals surface area contributed by atoms with Gasteiger partial charge in [-0.1, -0.05) is 11.6 Å². The van der Waals surface area contributed by atoms with Gasteiger partial charge in [0, 0.05) is 17.8 Å². The van der Waals surface area contributed by atoms with Crippen LogP contribution < -0.4 is 0 Å². The van der Waals surface area contributed by atoms with Crippen LogP contribution in [0.4, 0.5) is 0 Å². The van der Waals surface area contributed by atoms with Crippen molar-refractivity contribution < 1.29 is 0 Å². The fourth-order valence-corrected chi connectivity index (χ4v) is 1.85. The Morgan fingerprint density at radius 1 is 1.64 bits per heavy atom. The van der Waals surface area contributed by atoms with E-state index in [1.807, 2.05) is 11.4 Å². The summed E-state index contributed by atoms with van der Waals surface area (Å²) in [5.41, 5.74) is 0.842. The Morgan fingerprint density at radius 3 is 3.14 bits per heavy atom. The average molecular weight is 225 g/mol. The van der Waals surface area contributed by atoms with Crippen molar-refractivity contribution in [2.45, 2.75) is 6.54 Å². The molecular weight excluding hydrogens is 220 g/mol. The quantitative estimate of drug-likeness (QED) is 0.783. The number of hydrogen-bond acceptors (Lipinski definition) is 4. The second kappa shape index (κ2) is 3.78. The van der Waals surface area contributed by atoms with Crippen molar-refractivity contribution in [3.63, 3.8) is 0 Å². The van der Waals surface area contributed by atoms with E-state index in [0.29, 0.717) is 16.8 Å². The van der Waals surface area contributed by atoms with Crippen molar-refractivity contribution in [1.82, 2.24) is 14.5 Å². The number of rotatable bonds is 2. The zero-order valence-corrected chi connectivity index (χ0v) is 8.59. The molecule has 0 aliphatic carbocycles. The van der Waals surface area contributed by atoms with Crippen molar-refractivity contribution in [1.29, 1.82) is 5.26 Å². The molecule has 0 saturated heterocycles. The maximum Gasteiger partial charge on any atom is 0.213 e. The Balaban J connectivity index is 2.23. The predicted octanol–water partition coefficient (Wildman–Crippen LogP) is 1.91. The lowest BCUT2D eigenvalue weighted by Crippen LogP contribution is -2.01. The first-order valence-corrected chi connectivity index (χ1v) is 5.06. The molecule has 0 spiro atoms. The van der Waals surface area contributed by atoms with Crippen molar-refractivity contribution in [3.8, 4) is 6.07 Å². The summed E-state index contributed by atoms with van der Waals surface area (Å²) in [5, 5.41) is 10.6. The van der Waals surface area contributed by atoms with Gasteiger partial charge in [0.05, 0.1) is 12.2 Å². The van der Waals surface area contributed by atoms with Gasteiger partial charge in [-0.2, -0.15) is 5.26 Å². The molecule has 4 nitrogen and oxygen atoms in total. The molecule has 0 N–H and O–H groups in total. The zero-order chi connectivity index (χ0) is 9.97. The summed E-state index contributed by atoms with van der Waals surface area (Å²) < 4.78 is 2.24. The van der Waals surface area contributed by atoms with Crippen LogP contribution >= 0.6 is 22.9 Å². The van der Waals surface area contributed by atoms with Gasteiger partial charge < -0.3 is 4.57 Å². The van der Waals surface area contributed by atoms with Crippen molar-refractivity contribution in [3.05, 3.63) is 33.8 Å². The van der Waals surface area contributed by atoms with Gasteiger partial charge in [-0.05, 0) is 0 Å². The highest BCUT2D eigenvalue weighted by molar-refractivity contribution is 7.13. The van der Waals surface area contributed by atoms with Crippen LogP contribution in [-0.4, -0.2) is 14.5 Å². The second-order valence-electron chi connectivity index (χ2n) is 2.58. The largest absolute Gasteiger partial charge is 0.317 e. The summed E-state index contributed by atoms with van der Waals surface area (Å²) in [6.07, 6.45) is 3.33. The molecule has 0 aliphatic heterocycles. The van der Waals surface area contributed by atoms with Gasteiger partial charge in [0.1, 0.15) is 6.07 Å². The first-order valence-electron chi connectivity index (χ1n) is 3.81. The number of nitriles is 1. The van der Waals surface area contributed by atoms with E-state index in [9.17, 15) is 0 Å². The van der Waals surface area contributed by atoms with Gasteiger partial charge >= 0.3 is 0 Å². The fourth-order valence-electron chi connectivity index (χ4n) is 1.08. The van der Waals surface area contributed by atoms with Crippen LogP contribution in [0.3, 0.4) is 0 Å². The second-order valence-corrected chi connectivity index (χ2v) is 4.02. The normalized spacial score (nSPS) is 10.0. The molecule has 0 aromatic carbocycles. The van der Waals surface area contributed by atoms with E-state index in [1.165, 1.54) is 11.3 Å². The average Bonchev–Trinajstić information content (AvgIpc) is 2.76. The first-order chi connectivity index (χ1) is 6.79. The SMILES string of the molecule is N#Cc1nccn1Cc1csc(Cl)n1. The summed E-state index contributed by atoms with van der Waals surface area (Å²) in [5.74, 6) is 0.383. The molecule has 14 heavy (non-hydrogen) atoms. The maximum atomic E-state index is 8.71. The van der Waals surface area contributed by atoms with E-state index in [-0.39, 0.29) is 0 Å². The summed E-state index contributed by atoms with van der Waals surface area (Å²) in [6, 6.07) is 2.00. The van der Waals surface area contributed by atoms with Gasteiger partial charge in [-0.25, -0.2) is 9.97 Å². The molecule has 0 radical (unpaired) electrons. The van der Waals surface area contributed by atoms with Gasteiger partial charge in [-0.3, -0.25) is 0 Å². The van der Waals surface area contributed by atoms with Gasteiger partial charge in [0.2, 0.25) is 5.82 Å². The van der Waals surface area contributed by atoms with Crippen molar-refractivity contribution in [2.75, 3.05) is 0 Å². The molecular formula is C8H5ClN4S. The number of nitrogens with zero attached hydrogens (tertiary/aromatic N) is 4. The van der Waals surface area contributed by atoms with Gasteiger partial charge in [0.25, 0.3) is 0 Å². The lowest BCUT2D eigenvalue weighted by atomic mass is 10.5. The van der Waals surface area contributed by atoms with E-state index in [4.69, 9.17) is 16.9 Å². The molecule has 2 aromatic heterocycles. The minimum Gasteiger partial charge on any atom is -0.317 e. The minimum absolute atomic E-state index is 0.383. The maximum absolute atomic E-state index is 8.71. The van der Waals surface area contributed by atoms with Gasteiger partial charge in [-0.15, -0.1) is 11.3 Å². The predicted molar refractivity (Wildman–Crippen MR) is 53.2 cm³/mol. The third-order valence-electron chi connectivity index (χ3n) is 1.67. The highest BCUT2D eigenvalue weighted by atomic mass is 35.5. The topological polar surface area (TPSA) is 54.5 Å². The zero-order valence-electron chi connectivity index (χ0n) is 7.01. The number of hydrogen-bond donors (Lipinski definition) is 0. The van der Waals surface area contributed by atoms with Crippen LogP contribution in [0.1, 0.15) is 11.5 Å². The number of thiazole rings is 1. The lowest BCUT2D eigenvalue weighted by molar-refractivity contribution is 0.765. The monoisotopic (exact) mass is 224 g/mol. The molecule has 0 aliphatic rings. The van der Waals surface area contributed by atoms with Crippen LogP contribution in [0.2, 0.25) is 4.47 Å². The molecule has 0 amide bonds. The molecule has 0 saturated carbocycles. The summed E-state index contributed by atoms with van der Waals surface area (Å²) >= 11 is 7.07. The number of imidazole rings is 1. The van der Waals surface area contributed by atoms with Crippen LogP contribution in [0.25, 0.3) is 0 Å². The van der Waals surface area contributed by atoms with E-state index >= 15 is 0 Å². The Morgan fingerprint density at radius 2 is 2.50 bits per heavy atom. The highest BCUT2D eigenvalue weighted by Gasteiger charge is 2.04. The van der Waals surface area contributed by atoms with Crippen LogP contribution in [-0.2, 0) is 6.54 Å². The van der Waals surface area contributed by atoms with Crippen LogP contribution in [0.5, 0.6) is 0 Å². The molecule has 70 valence electrons. The van der Waals surface area contributed by atoms with E-state index in [0.717, 1.165) is 5.69 Å². The van der Waals surface area contributed by atoms with Crippen molar-refractivity contribution in [2.24, 2.45) is 0 Å². The third kappa shape index (κ3) is 1.76. The number of halogens is 1. The molecule has 2 rings (SSSR count). The minimum atomic E-state index is 0.383. The lowest BCUT2D eigenvalue weighted by Gasteiger charge is -1.98.